The lowest BCUT2D eigenvalue weighted by Gasteiger charge is -2.24. The molecule has 1 heterocycles. The molecule has 1 aliphatic heterocycles. The summed E-state index contributed by atoms with van der Waals surface area (Å²) >= 11 is 0. The minimum Gasteiger partial charge on any atom is -0.357 e. The van der Waals surface area contributed by atoms with Gasteiger partial charge in [0.15, 0.2) is 5.96 Å². The van der Waals surface area contributed by atoms with E-state index in [2.05, 4.69) is 43.2 Å². The summed E-state index contributed by atoms with van der Waals surface area (Å²) in [6.07, 6.45) is 5.08. The molecule has 1 unspecified atom stereocenters. The van der Waals surface area contributed by atoms with Crippen LogP contribution >= 0.6 is 24.0 Å². The fourth-order valence-corrected chi connectivity index (χ4v) is 2.87. The van der Waals surface area contributed by atoms with Gasteiger partial charge in [-0.1, -0.05) is 33.6 Å². The second-order valence-corrected chi connectivity index (χ2v) is 5.71. The van der Waals surface area contributed by atoms with Crippen LogP contribution in [0.25, 0.3) is 0 Å². The lowest BCUT2D eigenvalue weighted by Crippen LogP contribution is -2.45. The van der Waals surface area contributed by atoms with Gasteiger partial charge < -0.3 is 10.6 Å². The topological polar surface area (TPSA) is 39.7 Å². The Morgan fingerprint density at radius 3 is 2.48 bits per heavy atom. The van der Waals surface area contributed by atoms with Gasteiger partial charge in [-0.25, -0.2) is 0 Å². The minimum absolute atomic E-state index is 0. The third-order valence-electron chi connectivity index (χ3n) is 4.42. The van der Waals surface area contributed by atoms with Crippen molar-refractivity contribution in [2.45, 2.75) is 59.4 Å². The summed E-state index contributed by atoms with van der Waals surface area (Å²) in [5.74, 6) is 1.70. The van der Waals surface area contributed by atoms with Crippen LogP contribution in [0.5, 0.6) is 0 Å². The molecule has 0 aliphatic carbocycles. The predicted molar refractivity (Wildman–Crippen MR) is 104 cm³/mol. The van der Waals surface area contributed by atoms with Gasteiger partial charge in [-0.15, -0.1) is 24.0 Å². The molecule has 0 saturated carbocycles. The second kappa shape index (κ2) is 12.5. The van der Waals surface area contributed by atoms with Gasteiger partial charge in [0.05, 0.1) is 0 Å². The van der Waals surface area contributed by atoms with Crippen LogP contribution in [0.1, 0.15) is 53.4 Å². The van der Waals surface area contributed by atoms with Gasteiger partial charge in [0.25, 0.3) is 0 Å². The van der Waals surface area contributed by atoms with Crippen LogP contribution in [0.4, 0.5) is 0 Å². The molecule has 0 aromatic rings. The summed E-state index contributed by atoms with van der Waals surface area (Å²) in [6.45, 7) is 14.2. The van der Waals surface area contributed by atoms with E-state index in [0.29, 0.717) is 12.0 Å². The molecule has 1 atom stereocenters. The monoisotopic (exact) mass is 410 g/mol. The molecule has 5 heteroatoms. The van der Waals surface area contributed by atoms with E-state index in [1.807, 2.05) is 0 Å². The predicted octanol–water partition coefficient (Wildman–Crippen LogP) is 3.08. The van der Waals surface area contributed by atoms with Crippen LogP contribution in [0, 0.1) is 5.92 Å². The van der Waals surface area contributed by atoms with Crippen molar-refractivity contribution in [3.05, 3.63) is 0 Å². The zero-order valence-corrected chi connectivity index (χ0v) is 16.7. The molecule has 1 fully saturated rings. The van der Waals surface area contributed by atoms with E-state index in [0.717, 1.165) is 32.1 Å². The molecule has 1 aliphatic rings. The second-order valence-electron chi connectivity index (χ2n) is 5.71. The van der Waals surface area contributed by atoms with Crippen LogP contribution in [0.2, 0.25) is 0 Å². The van der Waals surface area contributed by atoms with E-state index in [4.69, 9.17) is 4.99 Å². The van der Waals surface area contributed by atoms with Crippen LogP contribution in [-0.4, -0.2) is 49.6 Å². The van der Waals surface area contributed by atoms with Crippen LogP contribution < -0.4 is 10.6 Å². The Bertz CT molecular complexity index is 279. The van der Waals surface area contributed by atoms with E-state index >= 15 is 0 Å². The third-order valence-corrected chi connectivity index (χ3v) is 4.42. The fraction of sp³-hybridized carbons (Fsp3) is 0.938. The van der Waals surface area contributed by atoms with Crippen LogP contribution in [-0.2, 0) is 0 Å². The number of hydrogen-bond donors (Lipinski definition) is 2. The first kappa shape index (κ1) is 21.0. The van der Waals surface area contributed by atoms with Crippen molar-refractivity contribution in [2.75, 3.05) is 32.7 Å². The van der Waals surface area contributed by atoms with E-state index in [1.165, 1.54) is 32.2 Å². The quantitative estimate of drug-likeness (QED) is 0.367. The molecule has 0 amide bonds. The molecule has 21 heavy (non-hydrogen) atoms. The molecular weight excluding hydrogens is 375 g/mol. The average molecular weight is 410 g/mol. The Morgan fingerprint density at radius 1 is 1.19 bits per heavy atom. The van der Waals surface area contributed by atoms with Gasteiger partial charge in [-0.2, -0.15) is 0 Å². The van der Waals surface area contributed by atoms with E-state index < -0.39 is 0 Å². The highest BCUT2D eigenvalue weighted by Gasteiger charge is 2.22. The molecule has 0 radical (unpaired) electrons. The molecule has 0 bridgehead atoms. The van der Waals surface area contributed by atoms with Gasteiger partial charge in [0, 0.05) is 25.7 Å². The first-order chi connectivity index (χ1) is 9.74. The van der Waals surface area contributed by atoms with Crippen molar-refractivity contribution in [1.82, 2.24) is 15.5 Å². The summed E-state index contributed by atoms with van der Waals surface area (Å²) in [7, 11) is 0. The molecular formula is C16H35IN4. The van der Waals surface area contributed by atoms with Gasteiger partial charge >= 0.3 is 0 Å². The van der Waals surface area contributed by atoms with Crippen molar-refractivity contribution in [2.24, 2.45) is 10.9 Å². The minimum atomic E-state index is 0. The SMILES string of the molecule is CCNC(=NCC(CC)CC)NCC1CCCN1CC.I. The zero-order chi connectivity index (χ0) is 14.8. The highest BCUT2D eigenvalue weighted by Crippen LogP contribution is 2.15. The van der Waals surface area contributed by atoms with Crippen LogP contribution in [0.15, 0.2) is 4.99 Å². The summed E-state index contributed by atoms with van der Waals surface area (Å²) in [4.78, 5) is 7.31. The summed E-state index contributed by atoms with van der Waals surface area (Å²) in [6, 6.07) is 0.678. The highest BCUT2D eigenvalue weighted by molar-refractivity contribution is 14.0. The number of nitrogens with one attached hydrogen (secondary N) is 2. The number of nitrogens with zero attached hydrogens (tertiary/aromatic N) is 2. The summed E-state index contributed by atoms with van der Waals surface area (Å²) < 4.78 is 0. The number of hydrogen-bond acceptors (Lipinski definition) is 2. The molecule has 0 aromatic carbocycles. The molecule has 1 rings (SSSR count). The van der Waals surface area contributed by atoms with E-state index in [-0.39, 0.29) is 24.0 Å². The molecule has 126 valence electrons. The molecule has 0 spiro atoms. The van der Waals surface area contributed by atoms with Crippen LogP contribution in [0.3, 0.4) is 0 Å². The highest BCUT2D eigenvalue weighted by atomic mass is 127. The van der Waals surface area contributed by atoms with Crippen molar-refractivity contribution in [3.8, 4) is 0 Å². The standard InChI is InChI=1S/C16H34N4.HI/c1-5-14(6-2)12-18-16(17-7-3)19-13-15-10-9-11-20(15)8-4;/h14-15H,5-13H2,1-4H3,(H2,17,18,19);1H. The number of aliphatic imine (C=N–C) groups is 1. The van der Waals surface area contributed by atoms with Gasteiger partial charge in [0.2, 0.25) is 0 Å². The number of halogens is 1. The first-order valence-electron chi connectivity index (χ1n) is 8.51. The number of likely N-dealkylation sites (tertiary alicyclic amines) is 1. The first-order valence-corrected chi connectivity index (χ1v) is 8.51. The maximum atomic E-state index is 4.74. The Balaban J connectivity index is 0.00000400. The smallest absolute Gasteiger partial charge is 0.191 e. The maximum absolute atomic E-state index is 4.74. The van der Waals surface area contributed by atoms with E-state index in [1.54, 1.807) is 0 Å². The largest absolute Gasteiger partial charge is 0.357 e. The van der Waals surface area contributed by atoms with Gasteiger partial charge in [0.1, 0.15) is 0 Å². The number of likely N-dealkylation sites (N-methyl/N-ethyl adjacent to an activating group) is 1. The van der Waals surface area contributed by atoms with Crippen molar-refractivity contribution in [1.29, 1.82) is 0 Å². The third kappa shape index (κ3) is 7.68. The fourth-order valence-electron chi connectivity index (χ4n) is 2.87. The number of guanidine groups is 1. The Labute approximate surface area is 148 Å². The summed E-state index contributed by atoms with van der Waals surface area (Å²) in [5.41, 5.74) is 0. The van der Waals surface area contributed by atoms with Gasteiger partial charge in [-0.3, -0.25) is 9.89 Å². The molecule has 4 nitrogen and oxygen atoms in total. The average Bonchev–Trinajstić information content (AvgIpc) is 2.93. The van der Waals surface area contributed by atoms with Crippen molar-refractivity contribution >= 4 is 29.9 Å². The lowest BCUT2D eigenvalue weighted by atomic mass is 10.0. The molecule has 1 saturated heterocycles. The Hall–Kier alpha value is -0.0400. The van der Waals surface area contributed by atoms with Gasteiger partial charge in [-0.05, 0) is 38.8 Å². The normalized spacial score (nSPS) is 19.7. The maximum Gasteiger partial charge on any atom is 0.191 e. The van der Waals surface area contributed by atoms with Crippen molar-refractivity contribution in [3.63, 3.8) is 0 Å². The van der Waals surface area contributed by atoms with E-state index in [9.17, 15) is 0 Å². The molecule has 2 N–H and O–H groups in total. The lowest BCUT2D eigenvalue weighted by molar-refractivity contribution is 0.267. The number of rotatable bonds is 8. The Morgan fingerprint density at radius 2 is 1.90 bits per heavy atom. The summed E-state index contributed by atoms with van der Waals surface area (Å²) in [5, 5.41) is 6.89. The Kier molecular flexibility index (Phi) is 12.5. The van der Waals surface area contributed by atoms with Crippen molar-refractivity contribution < 1.29 is 0 Å². The molecule has 0 aromatic heterocycles. The zero-order valence-electron chi connectivity index (χ0n) is 14.3.